The van der Waals surface area contributed by atoms with E-state index in [0.29, 0.717) is 16.1 Å². The van der Waals surface area contributed by atoms with Crippen LogP contribution in [0.25, 0.3) is 6.08 Å². The minimum Gasteiger partial charge on any atom is -0.463 e. The van der Waals surface area contributed by atoms with Crippen molar-refractivity contribution < 1.29 is 18.8 Å². The summed E-state index contributed by atoms with van der Waals surface area (Å²) in [5.74, 6) is -1.08. The van der Waals surface area contributed by atoms with Gasteiger partial charge in [0.05, 0.1) is 38.9 Å². The average Bonchev–Trinajstić information content (AvgIpc) is 3.08. The molecule has 10 heteroatoms. The van der Waals surface area contributed by atoms with E-state index in [4.69, 9.17) is 4.74 Å². The van der Waals surface area contributed by atoms with Gasteiger partial charge in [0, 0.05) is 6.07 Å². The predicted octanol–water partition coefficient (Wildman–Crippen LogP) is 2.85. The van der Waals surface area contributed by atoms with E-state index < -0.39 is 28.3 Å². The molecular formula is C23H18FN3O5S. The number of hydrogen-bond donors (Lipinski definition) is 0. The van der Waals surface area contributed by atoms with Crippen molar-refractivity contribution in [3.8, 4) is 0 Å². The quantitative estimate of drug-likeness (QED) is 0.326. The Balaban J connectivity index is 1.98. The molecule has 1 unspecified atom stereocenters. The van der Waals surface area contributed by atoms with Crippen molar-refractivity contribution in [3.05, 3.63) is 107 Å². The van der Waals surface area contributed by atoms with E-state index in [0.717, 1.165) is 11.3 Å². The standard InChI is InChI=1S/C23H18FN3O5S/c1-3-32-22(29)19-13(2)25-23-26(20(19)14-8-10-16(24)11-9-14)21(28)18(33-23)12-15-6-4-5-7-17(15)27(30)31/h4-12,20H,3H2,1-2H3. The summed E-state index contributed by atoms with van der Waals surface area (Å²) < 4.78 is 20.3. The lowest BCUT2D eigenvalue weighted by molar-refractivity contribution is -0.385. The molecule has 33 heavy (non-hydrogen) atoms. The Morgan fingerprint density at radius 1 is 1.27 bits per heavy atom. The molecule has 1 aromatic heterocycles. The highest BCUT2D eigenvalue weighted by atomic mass is 32.1. The van der Waals surface area contributed by atoms with Crippen LogP contribution in [0.15, 0.2) is 69.6 Å². The molecule has 3 aromatic rings. The highest BCUT2D eigenvalue weighted by Gasteiger charge is 2.33. The van der Waals surface area contributed by atoms with Crippen LogP contribution < -0.4 is 14.9 Å². The number of nitro benzene ring substituents is 1. The maximum Gasteiger partial charge on any atom is 0.338 e. The molecule has 0 saturated heterocycles. The number of hydrogen-bond acceptors (Lipinski definition) is 7. The zero-order valence-electron chi connectivity index (χ0n) is 17.6. The van der Waals surface area contributed by atoms with E-state index in [1.165, 1.54) is 41.0 Å². The summed E-state index contributed by atoms with van der Waals surface area (Å²) in [5, 5.41) is 11.4. The molecule has 1 atom stereocenters. The zero-order chi connectivity index (χ0) is 23.7. The van der Waals surface area contributed by atoms with Gasteiger partial charge in [-0.25, -0.2) is 14.2 Å². The lowest BCUT2D eigenvalue weighted by Crippen LogP contribution is -2.39. The van der Waals surface area contributed by atoms with Crippen LogP contribution in [-0.4, -0.2) is 22.1 Å². The van der Waals surface area contributed by atoms with Gasteiger partial charge in [-0.1, -0.05) is 35.6 Å². The first kappa shape index (κ1) is 22.3. The third-order valence-electron chi connectivity index (χ3n) is 5.12. The Morgan fingerprint density at radius 2 is 1.97 bits per heavy atom. The second-order valence-electron chi connectivity index (χ2n) is 7.17. The number of aromatic nitrogens is 1. The van der Waals surface area contributed by atoms with Gasteiger partial charge in [-0.15, -0.1) is 0 Å². The van der Waals surface area contributed by atoms with Gasteiger partial charge in [-0.3, -0.25) is 19.5 Å². The van der Waals surface area contributed by atoms with Crippen molar-refractivity contribution in [2.75, 3.05) is 6.61 Å². The molecule has 2 aromatic carbocycles. The number of carbonyl (C=O) groups excluding carboxylic acids is 1. The van der Waals surface area contributed by atoms with Crippen LogP contribution in [0.4, 0.5) is 10.1 Å². The number of benzene rings is 2. The zero-order valence-corrected chi connectivity index (χ0v) is 18.5. The number of ether oxygens (including phenoxy) is 1. The van der Waals surface area contributed by atoms with Gasteiger partial charge in [0.2, 0.25) is 0 Å². The highest BCUT2D eigenvalue weighted by Crippen LogP contribution is 2.30. The third-order valence-corrected chi connectivity index (χ3v) is 6.11. The Labute approximate surface area is 190 Å². The van der Waals surface area contributed by atoms with Crippen molar-refractivity contribution in [1.29, 1.82) is 0 Å². The van der Waals surface area contributed by atoms with Crippen molar-refractivity contribution in [2.45, 2.75) is 19.9 Å². The lowest BCUT2D eigenvalue weighted by atomic mass is 9.96. The molecule has 1 aliphatic heterocycles. The molecule has 0 fully saturated rings. The fraction of sp³-hybridized carbons (Fsp3) is 0.174. The number of carbonyl (C=O) groups is 1. The normalized spacial score (nSPS) is 15.7. The Morgan fingerprint density at radius 3 is 2.64 bits per heavy atom. The smallest absolute Gasteiger partial charge is 0.338 e. The first-order valence-electron chi connectivity index (χ1n) is 10.0. The van der Waals surface area contributed by atoms with E-state index in [1.807, 2.05) is 0 Å². The number of fused-ring (bicyclic) bond motifs is 1. The molecule has 0 aliphatic carbocycles. The van der Waals surface area contributed by atoms with Gasteiger partial charge < -0.3 is 4.74 Å². The molecule has 0 amide bonds. The average molecular weight is 467 g/mol. The van der Waals surface area contributed by atoms with Gasteiger partial charge in [-0.2, -0.15) is 0 Å². The van der Waals surface area contributed by atoms with Crippen LogP contribution >= 0.6 is 11.3 Å². The van der Waals surface area contributed by atoms with Crippen molar-refractivity contribution in [2.24, 2.45) is 4.99 Å². The Bertz CT molecular complexity index is 1470. The first-order valence-corrected chi connectivity index (χ1v) is 10.8. The fourth-order valence-electron chi connectivity index (χ4n) is 3.67. The summed E-state index contributed by atoms with van der Waals surface area (Å²) in [6.07, 6.45) is 1.44. The highest BCUT2D eigenvalue weighted by molar-refractivity contribution is 7.07. The van der Waals surface area contributed by atoms with Crippen molar-refractivity contribution >= 4 is 29.1 Å². The maximum atomic E-state index is 13.6. The molecule has 0 bridgehead atoms. The predicted molar refractivity (Wildman–Crippen MR) is 120 cm³/mol. The van der Waals surface area contributed by atoms with Gasteiger partial charge in [0.25, 0.3) is 11.2 Å². The van der Waals surface area contributed by atoms with E-state index in [-0.39, 0.29) is 28.0 Å². The largest absolute Gasteiger partial charge is 0.463 e. The number of esters is 1. The van der Waals surface area contributed by atoms with Crippen LogP contribution in [0.5, 0.6) is 0 Å². The van der Waals surface area contributed by atoms with E-state index in [1.54, 1.807) is 32.0 Å². The summed E-state index contributed by atoms with van der Waals surface area (Å²) in [6.45, 7) is 3.44. The van der Waals surface area contributed by atoms with Gasteiger partial charge in [0.1, 0.15) is 5.82 Å². The second kappa shape index (κ2) is 8.91. The Kier molecular flexibility index (Phi) is 6.01. The molecular weight excluding hydrogens is 449 g/mol. The summed E-state index contributed by atoms with van der Waals surface area (Å²) >= 11 is 1.05. The molecule has 1 aliphatic rings. The molecule has 0 radical (unpaired) electrons. The number of thiazole rings is 1. The van der Waals surface area contributed by atoms with Crippen LogP contribution in [-0.2, 0) is 9.53 Å². The number of allylic oxidation sites excluding steroid dienone is 1. The SMILES string of the molecule is CCOC(=O)C1=C(C)N=c2sc(=Cc3ccccc3[N+](=O)[O-])c(=O)n2C1c1ccc(F)cc1. The van der Waals surface area contributed by atoms with Crippen LogP contribution in [0.3, 0.4) is 0 Å². The summed E-state index contributed by atoms with van der Waals surface area (Å²) in [7, 11) is 0. The third kappa shape index (κ3) is 4.12. The maximum absolute atomic E-state index is 13.6. The van der Waals surface area contributed by atoms with Crippen molar-refractivity contribution in [1.82, 2.24) is 4.57 Å². The number of para-hydroxylation sites is 1. The Hall–Kier alpha value is -3.92. The molecule has 0 saturated carbocycles. The van der Waals surface area contributed by atoms with Gasteiger partial charge in [0.15, 0.2) is 4.80 Å². The number of rotatable bonds is 5. The summed E-state index contributed by atoms with van der Waals surface area (Å²) in [6, 6.07) is 10.7. The van der Waals surface area contributed by atoms with Crippen LogP contribution in [0, 0.1) is 15.9 Å². The number of nitro groups is 1. The van der Waals surface area contributed by atoms with Gasteiger partial charge >= 0.3 is 5.97 Å². The molecule has 0 spiro atoms. The summed E-state index contributed by atoms with van der Waals surface area (Å²) in [4.78, 5) is 41.9. The first-order chi connectivity index (χ1) is 15.8. The van der Waals surface area contributed by atoms with Crippen LogP contribution in [0.1, 0.15) is 31.0 Å². The van der Waals surface area contributed by atoms with Gasteiger partial charge in [-0.05, 0) is 43.7 Å². The number of halogens is 1. The minimum absolute atomic E-state index is 0.133. The molecule has 2 heterocycles. The number of nitrogens with zero attached hydrogens (tertiary/aromatic N) is 3. The topological polar surface area (TPSA) is 104 Å². The van der Waals surface area contributed by atoms with Crippen LogP contribution in [0.2, 0.25) is 0 Å². The lowest BCUT2D eigenvalue weighted by Gasteiger charge is -2.24. The second-order valence-corrected chi connectivity index (χ2v) is 8.18. The van der Waals surface area contributed by atoms with E-state index in [9.17, 15) is 24.1 Å². The molecule has 8 nitrogen and oxygen atoms in total. The van der Waals surface area contributed by atoms with E-state index in [2.05, 4.69) is 4.99 Å². The summed E-state index contributed by atoms with van der Waals surface area (Å²) in [5.41, 5.74) is 0.719. The minimum atomic E-state index is -0.881. The monoisotopic (exact) mass is 467 g/mol. The molecule has 168 valence electrons. The van der Waals surface area contributed by atoms with Crippen molar-refractivity contribution in [3.63, 3.8) is 0 Å². The van der Waals surface area contributed by atoms with E-state index >= 15 is 0 Å². The molecule has 4 rings (SSSR count). The fourth-order valence-corrected chi connectivity index (χ4v) is 4.71. The molecule has 0 N–H and O–H groups in total.